The number of anilines is 1. The van der Waals surface area contributed by atoms with Gasteiger partial charge in [0.15, 0.2) is 0 Å². The van der Waals surface area contributed by atoms with Gasteiger partial charge in [-0.25, -0.2) is 8.42 Å². The Kier molecular flexibility index (Phi) is 10.7. The van der Waals surface area contributed by atoms with Gasteiger partial charge in [-0.05, 0) is 56.2 Å². The molecule has 0 aliphatic heterocycles. The van der Waals surface area contributed by atoms with E-state index in [1.807, 2.05) is 13.8 Å². The zero-order valence-electron chi connectivity index (χ0n) is 20.7. The summed E-state index contributed by atoms with van der Waals surface area (Å²) < 4.78 is 31.4. The van der Waals surface area contributed by atoms with Crippen LogP contribution in [-0.4, -0.2) is 57.1 Å². The summed E-state index contributed by atoms with van der Waals surface area (Å²) in [7, 11) is -2.45. The van der Waals surface area contributed by atoms with Gasteiger partial charge in [0.1, 0.15) is 18.3 Å². The number of carbonyl (C=O) groups is 2. The van der Waals surface area contributed by atoms with E-state index in [0.717, 1.165) is 10.6 Å². The number of halogens is 3. The fourth-order valence-electron chi connectivity index (χ4n) is 3.31. The lowest BCUT2D eigenvalue weighted by Gasteiger charge is -2.32. The van der Waals surface area contributed by atoms with Gasteiger partial charge in [0.25, 0.3) is 0 Å². The molecule has 8 nitrogen and oxygen atoms in total. The zero-order chi connectivity index (χ0) is 27.2. The standard InChI is InChI=1S/C24H30Cl3N3O5S/c1-6-15(2)28-24(32)16(3)29(13-17-7-9-19(25)20(26)11-17)23(31)14-30(36(5,33)34)18-8-10-22(35-4)21(27)12-18/h7-12,15-16H,6,13-14H2,1-5H3,(H,28,32). The lowest BCUT2D eigenvalue weighted by atomic mass is 10.1. The van der Waals surface area contributed by atoms with E-state index < -0.39 is 28.5 Å². The average Bonchev–Trinajstić information content (AvgIpc) is 2.81. The van der Waals surface area contributed by atoms with E-state index in [9.17, 15) is 18.0 Å². The zero-order valence-corrected chi connectivity index (χ0v) is 23.8. The van der Waals surface area contributed by atoms with E-state index in [-0.39, 0.29) is 29.2 Å². The molecule has 0 aliphatic carbocycles. The molecule has 36 heavy (non-hydrogen) atoms. The first-order valence-corrected chi connectivity index (χ1v) is 14.1. The number of rotatable bonds is 11. The molecule has 198 valence electrons. The Morgan fingerprint density at radius 2 is 1.69 bits per heavy atom. The maximum absolute atomic E-state index is 13.6. The smallest absolute Gasteiger partial charge is 0.244 e. The minimum Gasteiger partial charge on any atom is -0.495 e. The van der Waals surface area contributed by atoms with Gasteiger partial charge >= 0.3 is 0 Å². The molecule has 0 radical (unpaired) electrons. The van der Waals surface area contributed by atoms with Crippen LogP contribution in [0.15, 0.2) is 36.4 Å². The number of sulfonamides is 1. The molecule has 2 amide bonds. The van der Waals surface area contributed by atoms with Crippen molar-refractivity contribution in [3.63, 3.8) is 0 Å². The van der Waals surface area contributed by atoms with Crippen molar-refractivity contribution >= 4 is 62.3 Å². The van der Waals surface area contributed by atoms with E-state index in [2.05, 4.69) is 5.32 Å². The van der Waals surface area contributed by atoms with Gasteiger partial charge in [-0.15, -0.1) is 0 Å². The molecule has 0 heterocycles. The van der Waals surface area contributed by atoms with Crippen LogP contribution < -0.4 is 14.4 Å². The van der Waals surface area contributed by atoms with Crippen molar-refractivity contribution in [2.75, 3.05) is 24.2 Å². The van der Waals surface area contributed by atoms with Crippen LogP contribution in [0.3, 0.4) is 0 Å². The van der Waals surface area contributed by atoms with Crippen LogP contribution in [0.25, 0.3) is 0 Å². The quantitative estimate of drug-likeness (QED) is 0.415. The van der Waals surface area contributed by atoms with Crippen LogP contribution in [0, 0.1) is 0 Å². The molecule has 0 bridgehead atoms. The van der Waals surface area contributed by atoms with Crippen molar-refractivity contribution in [2.24, 2.45) is 0 Å². The van der Waals surface area contributed by atoms with E-state index in [1.165, 1.54) is 30.2 Å². The van der Waals surface area contributed by atoms with Crippen molar-refractivity contribution in [3.8, 4) is 5.75 Å². The number of benzene rings is 2. The summed E-state index contributed by atoms with van der Waals surface area (Å²) in [6.07, 6.45) is 1.69. The predicted molar refractivity (Wildman–Crippen MR) is 145 cm³/mol. The molecule has 0 aliphatic rings. The number of amides is 2. The summed E-state index contributed by atoms with van der Waals surface area (Å²) in [5, 5.41) is 3.69. The first-order chi connectivity index (χ1) is 16.8. The number of carbonyl (C=O) groups excluding carboxylic acids is 2. The summed E-state index contributed by atoms with van der Waals surface area (Å²) in [5.41, 5.74) is 0.808. The highest BCUT2D eigenvalue weighted by atomic mass is 35.5. The molecule has 2 aromatic rings. The van der Waals surface area contributed by atoms with E-state index in [4.69, 9.17) is 39.5 Å². The van der Waals surface area contributed by atoms with Crippen molar-refractivity contribution in [1.29, 1.82) is 0 Å². The fourth-order valence-corrected chi connectivity index (χ4v) is 4.72. The number of nitrogens with zero attached hydrogens (tertiary/aromatic N) is 2. The Hall–Kier alpha value is -2.20. The Morgan fingerprint density at radius 1 is 1.03 bits per heavy atom. The van der Waals surface area contributed by atoms with Gasteiger partial charge < -0.3 is 15.0 Å². The first kappa shape index (κ1) is 30.0. The molecule has 2 rings (SSSR count). The van der Waals surface area contributed by atoms with Gasteiger partial charge in [0.2, 0.25) is 21.8 Å². The predicted octanol–water partition coefficient (Wildman–Crippen LogP) is 4.75. The normalized spacial score (nSPS) is 13.0. The Morgan fingerprint density at radius 3 is 2.22 bits per heavy atom. The molecule has 0 aromatic heterocycles. The fraction of sp³-hybridized carbons (Fsp3) is 0.417. The van der Waals surface area contributed by atoms with Crippen molar-refractivity contribution in [2.45, 2.75) is 45.8 Å². The maximum Gasteiger partial charge on any atom is 0.244 e. The van der Waals surface area contributed by atoms with E-state index in [0.29, 0.717) is 27.8 Å². The van der Waals surface area contributed by atoms with Crippen LogP contribution in [0.4, 0.5) is 5.69 Å². The molecule has 12 heteroatoms. The third kappa shape index (κ3) is 7.90. The Balaban J connectivity index is 2.44. The molecular formula is C24H30Cl3N3O5S. The second-order valence-electron chi connectivity index (χ2n) is 8.35. The minimum atomic E-state index is -3.89. The number of nitrogens with one attached hydrogen (secondary N) is 1. The van der Waals surface area contributed by atoms with Crippen molar-refractivity contribution < 1.29 is 22.7 Å². The summed E-state index contributed by atoms with van der Waals surface area (Å²) in [6.45, 7) is 4.82. The molecule has 2 unspecified atom stereocenters. The SMILES string of the molecule is CCC(C)NC(=O)C(C)N(Cc1ccc(Cl)c(Cl)c1)C(=O)CN(c1ccc(OC)c(Cl)c1)S(C)(=O)=O. The molecule has 2 aromatic carbocycles. The lowest BCUT2D eigenvalue weighted by Crippen LogP contribution is -2.52. The number of methoxy groups -OCH3 is 1. The topological polar surface area (TPSA) is 96.0 Å². The van der Waals surface area contributed by atoms with Gasteiger partial charge in [0, 0.05) is 12.6 Å². The lowest BCUT2D eigenvalue weighted by molar-refractivity contribution is -0.139. The molecule has 0 saturated carbocycles. The minimum absolute atomic E-state index is 0.00574. The van der Waals surface area contributed by atoms with Gasteiger partial charge in [-0.2, -0.15) is 0 Å². The van der Waals surface area contributed by atoms with E-state index >= 15 is 0 Å². The highest BCUT2D eigenvalue weighted by molar-refractivity contribution is 7.92. The molecule has 0 fully saturated rings. The second kappa shape index (κ2) is 12.9. The van der Waals surface area contributed by atoms with E-state index in [1.54, 1.807) is 25.1 Å². The third-order valence-electron chi connectivity index (χ3n) is 5.61. The summed E-state index contributed by atoms with van der Waals surface area (Å²) in [5.74, 6) is -0.599. The molecule has 2 atom stereocenters. The Labute approximate surface area is 227 Å². The molecule has 0 spiro atoms. The van der Waals surface area contributed by atoms with Gasteiger partial charge in [0.05, 0.1) is 34.1 Å². The third-order valence-corrected chi connectivity index (χ3v) is 7.78. The van der Waals surface area contributed by atoms with Crippen molar-refractivity contribution in [3.05, 3.63) is 57.0 Å². The Bertz CT molecular complexity index is 1210. The van der Waals surface area contributed by atoms with Crippen LogP contribution in [-0.2, 0) is 26.2 Å². The monoisotopic (exact) mass is 577 g/mol. The number of hydrogen-bond donors (Lipinski definition) is 1. The first-order valence-electron chi connectivity index (χ1n) is 11.1. The van der Waals surface area contributed by atoms with Crippen LogP contribution in [0.1, 0.15) is 32.8 Å². The highest BCUT2D eigenvalue weighted by Crippen LogP contribution is 2.30. The number of ether oxygens (including phenoxy) is 1. The molecule has 0 saturated heterocycles. The van der Waals surface area contributed by atoms with Crippen LogP contribution >= 0.6 is 34.8 Å². The molecular weight excluding hydrogens is 549 g/mol. The summed E-state index contributed by atoms with van der Waals surface area (Å²) in [6, 6.07) is 8.27. The molecule has 1 N–H and O–H groups in total. The maximum atomic E-state index is 13.6. The average molecular weight is 579 g/mol. The number of hydrogen-bond acceptors (Lipinski definition) is 5. The van der Waals surface area contributed by atoms with Gasteiger partial charge in [-0.3, -0.25) is 13.9 Å². The van der Waals surface area contributed by atoms with Crippen LogP contribution in [0.2, 0.25) is 15.1 Å². The summed E-state index contributed by atoms with van der Waals surface area (Å²) in [4.78, 5) is 27.8. The van der Waals surface area contributed by atoms with Crippen LogP contribution in [0.5, 0.6) is 5.75 Å². The van der Waals surface area contributed by atoms with Crippen molar-refractivity contribution in [1.82, 2.24) is 10.2 Å². The van der Waals surface area contributed by atoms with Gasteiger partial charge in [-0.1, -0.05) is 47.8 Å². The second-order valence-corrected chi connectivity index (χ2v) is 11.5. The highest BCUT2D eigenvalue weighted by Gasteiger charge is 2.30. The summed E-state index contributed by atoms with van der Waals surface area (Å²) >= 11 is 18.4. The largest absolute Gasteiger partial charge is 0.495 e.